The summed E-state index contributed by atoms with van der Waals surface area (Å²) in [6.07, 6.45) is 6.76. The molecule has 204 valence electrons. The molecule has 0 amide bonds. The zero-order chi connectivity index (χ0) is 26.3. The zero-order valence-corrected chi connectivity index (χ0v) is 22.8. The van der Waals surface area contributed by atoms with Gasteiger partial charge in [0.2, 0.25) is 0 Å². The molecule has 0 bridgehead atoms. The van der Waals surface area contributed by atoms with Gasteiger partial charge in [-0.1, -0.05) is 0 Å². The lowest BCUT2D eigenvalue weighted by molar-refractivity contribution is 0.0483. The highest BCUT2D eigenvalue weighted by atomic mass is 32.2. The molecule has 38 heavy (non-hydrogen) atoms. The Morgan fingerprint density at radius 2 is 1.82 bits per heavy atom. The van der Waals surface area contributed by atoms with Crippen molar-refractivity contribution in [2.75, 3.05) is 49.2 Å². The lowest BCUT2D eigenvalue weighted by atomic mass is 9.94. The second-order valence-corrected chi connectivity index (χ2v) is 12.7. The van der Waals surface area contributed by atoms with Crippen LogP contribution in [0.1, 0.15) is 54.4 Å². The van der Waals surface area contributed by atoms with E-state index in [0.29, 0.717) is 37.4 Å². The predicted octanol–water partition coefficient (Wildman–Crippen LogP) is 4.41. The number of ether oxygens (including phenoxy) is 3. The third kappa shape index (κ3) is 4.86. The van der Waals surface area contributed by atoms with E-state index < -0.39 is 16.0 Å². The van der Waals surface area contributed by atoms with Crippen LogP contribution in [0.15, 0.2) is 41.3 Å². The van der Waals surface area contributed by atoms with E-state index in [9.17, 15) is 13.2 Å². The van der Waals surface area contributed by atoms with E-state index in [1.165, 1.54) is 19.6 Å². The van der Waals surface area contributed by atoms with Crippen molar-refractivity contribution in [1.29, 1.82) is 0 Å². The van der Waals surface area contributed by atoms with Gasteiger partial charge in [-0.25, -0.2) is 13.2 Å². The molecule has 2 saturated heterocycles. The molecule has 8 nitrogen and oxygen atoms in total. The van der Waals surface area contributed by atoms with Crippen LogP contribution in [-0.4, -0.2) is 60.4 Å². The van der Waals surface area contributed by atoms with Crippen LogP contribution in [0.25, 0.3) is 0 Å². The first kappa shape index (κ1) is 25.5. The number of hydrogen-bond donors (Lipinski definition) is 0. The van der Waals surface area contributed by atoms with E-state index in [1.54, 1.807) is 16.4 Å². The number of hydrogen-bond acceptors (Lipinski definition) is 7. The normalized spacial score (nSPS) is 22.0. The van der Waals surface area contributed by atoms with Gasteiger partial charge in [-0.2, -0.15) is 0 Å². The summed E-state index contributed by atoms with van der Waals surface area (Å²) in [4.78, 5) is 15.1. The van der Waals surface area contributed by atoms with E-state index in [4.69, 9.17) is 14.2 Å². The number of aryl methyl sites for hydroxylation is 1. The van der Waals surface area contributed by atoms with Crippen molar-refractivity contribution in [3.63, 3.8) is 0 Å². The van der Waals surface area contributed by atoms with Crippen molar-refractivity contribution >= 4 is 27.4 Å². The molecule has 1 saturated carbocycles. The second-order valence-electron chi connectivity index (χ2n) is 10.9. The summed E-state index contributed by atoms with van der Waals surface area (Å²) in [6.45, 7) is 3.94. The van der Waals surface area contributed by atoms with Gasteiger partial charge in [0.15, 0.2) is 0 Å². The van der Waals surface area contributed by atoms with Crippen LogP contribution in [0.2, 0.25) is 0 Å². The minimum atomic E-state index is -3.93. The number of sulfonamides is 1. The van der Waals surface area contributed by atoms with Crippen LogP contribution in [0.3, 0.4) is 0 Å². The van der Waals surface area contributed by atoms with Crippen LogP contribution < -0.4 is 13.9 Å². The summed E-state index contributed by atoms with van der Waals surface area (Å²) in [5.74, 6) is 0.443. The Kier molecular flexibility index (Phi) is 6.99. The topological polar surface area (TPSA) is 85.4 Å². The number of carbonyl (C=O) groups excluding carboxylic acids is 1. The fourth-order valence-electron chi connectivity index (χ4n) is 5.87. The van der Waals surface area contributed by atoms with E-state index in [1.807, 2.05) is 12.1 Å². The molecule has 0 aromatic heterocycles. The van der Waals surface area contributed by atoms with Crippen molar-refractivity contribution in [2.24, 2.45) is 11.8 Å². The number of carbonyl (C=O) groups is 1. The predicted molar refractivity (Wildman–Crippen MR) is 145 cm³/mol. The summed E-state index contributed by atoms with van der Waals surface area (Å²) < 4.78 is 46.6. The summed E-state index contributed by atoms with van der Waals surface area (Å²) in [6, 6.07) is 10.7. The minimum Gasteiger partial charge on any atom is -0.492 e. The molecule has 2 aromatic rings. The van der Waals surface area contributed by atoms with Crippen LogP contribution in [0.5, 0.6) is 5.75 Å². The molecule has 3 aliphatic heterocycles. The molecule has 1 unspecified atom stereocenters. The number of fused-ring (bicyclic) bond motifs is 1. The summed E-state index contributed by atoms with van der Waals surface area (Å²) in [5.41, 5.74) is 3.13. The first-order valence-electron chi connectivity index (χ1n) is 13.8. The molecule has 0 radical (unpaired) electrons. The van der Waals surface area contributed by atoms with Crippen molar-refractivity contribution < 1.29 is 27.4 Å². The van der Waals surface area contributed by atoms with Crippen LogP contribution >= 0.6 is 0 Å². The molecule has 0 N–H and O–H groups in total. The first-order valence-corrected chi connectivity index (χ1v) is 15.2. The molecule has 3 heterocycles. The number of anilines is 2. The number of nitrogens with zero attached hydrogens (tertiary/aromatic N) is 2. The van der Waals surface area contributed by atoms with Crippen molar-refractivity contribution in [3.05, 3.63) is 47.5 Å². The Hall–Kier alpha value is -2.78. The monoisotopic (exact) mass is 540 g/mol. The SMILES string of the molecule is COC(=O)c1cc(S(=O)(=O)N2c3ccc(N4CCC4)cc3CCC2C2CC2)ccc1OCC1CCOCC1. The highest BCUT2D eigenvalue weighted by Crippen LogP contribution is 2.46. The largest absolute Gasteiger partial charge is 0.492 e. The maximum Gasteiger partial charge on any atom is 0.341 e. The third-order valence-corrected chi connectivity index (χ3v) is 10.3. The van der Waals surface area contributed by atoms with Gasteiger partial charge in [-0.15, -0.1) is 0 Å². The molecule has 9 heteroatoms. The third-order valence-electron chi connectivity index (χ3n) is 8.43. The molecule has 1 atom stereocenters. The van der Waals surface area contributed by atoms with E-state index >= 15 is 0 Å². The minimum absolute atomic E-state index is 0.0756. The van der Waals surface area contributed by atoms with Gasteiger partial charge >= 0.3 is 5.97 Å². The molecule has 4 aliphatic rings. The summed E-state index contributed by atoms with van der Waals surface area (Å²) in [5, 5.41) is 0. The molecule has 2 aromatic carbocycles. The van der Waals surface area contributed by atoms with Crippen LogP contribution in [-0.2, 0) is 25.9 Å². The van der Waals surface area contributed by atoms with Gasteiger partial charge in [0, 0.05) is 38.0 Å². The van der Waals surface area contributed by atoms with Crippen molar-refractivity contribution in [1.82, 2.24) is 0 Å². The molecular weight excluding hydrogens is 504 g/mol. The van der Waals surface area contributed by atoms with E-state index in [2.05, 4.69) is 11.0 Å². The maximum atomic E-state index is 14.3. The Morgan fingerprint density at radius 3 is 2.50 bits per heavy atom. The highest BCUT2D eigenvalue weighted by molar-refractivity contribution is 7.92. The average molecular weight is 541 g/mol. The summed E-state index contributed by atoms with van der Waals surface area (Å²) in [7, 11) is -2.63. The Labute approximate surface area is 224 Å². The quantitative estimate of drug-likeness (QED) is 0.459. The molecule has 1 aliphatic carbocycles. The molecule has 6 rings (SSSR count). The second kappa shape index (κ2) is 10.4. The summed E-state index contributed by atoms with van der Waals surface area (Å²) >= 11 is 0. The van der Waals surface area contributed by atoms with Crippen LogP contribution in [0.4, 0.5) is 11.4 Å². The first-order chi connectivity index (χ1) is 18.5. The average Bonchev–Trinajstić information content (AvgIpc) is 3.76. The lowest BCUT2D eigenvalue weighted by Gasteiger charge is -2.40. The Bertz CT molecular complexity index is 1300. The van der Waals surface area contributed by atoms with Gasteiger partial charge in [0.1, 0.15) is 11.3 Å². The van der Waals surface area contributed by atoms with E-state index in [-0.39, 0.29) is 16.5 Å². The maximum absolute atomic E-state index is 14.3. The number of esters is 1. The standard InChI is InChI=1S/C29H36N2O6S/c1-35-29(32)25-18-24(7-10-28(25)37-19-20-11-15-36-16-12-20)38(33,34)31-26(21-3-4-21)8-5-22-17-23(6-9-27(22)31)30-13-2-14-30/h6-7,9-10,17-18,20-21,26H,2-5,8,11-16,19H2,1H3. The van der Waals surface area contributed by atoms with Gasteiger partial charge in [-0.05, 0) is 98.7 Å². The van der Waals surface area contributed by atoms with E-state index in [0.717, 1.165) is 68.6 Å². The number of methoxy groups -OCH3 is 1. The lowest BCUT2D eigenvalue weighted by Crippen LogP contribution is -2.45. The van der Waals surface area contributed by atoms with Gasteiger partial charge in [-0.3, -0.25) is 4.31 Å². The number of benzene rings is 2. The Balaban J connectivity index is 1.33. The molecule has 0 spiro atoms. The van der Waals surface area contributed by atoms with Crippen LogP contribution in [0, 0.1) is 11.8 Å². The Morgan fingerprint density at radius 1 is 1.03 bits per heavy atom. The fourth-order valence-corrected chi connectivity index (χ4v) is 7.68. The highest BCUT2D eigenvalue weighted by Gasteiger charge is 2.44. The number of rotatable bonds is 8. The van der Waals surface area contributed by atoms with Crippen molar-refractivity contribution in [2.45, 2.75) is 55.9 Å². The van der Waals surface area contributed by atoms with Crippen molar-refractivity contribution in [3.8, 4) is 5.75 Å². The van der Waals surface area contributed by atoms with Gasteiger partial charge in [0.25, 0.3) is 10.0 Å². The van der Waals surface area contributed by atoms with Gasteiger partial charge in [0.05, 0.1) is 24.3 Å². The molecule has 3 fully saturated rings. The molecular formula is C29H36N2O6S. The fraction of sp³-hybridized carbons (Fsp3) is 0.552. The smallest absolute Gasteiger partial charge is 0.341 e. The zero-order valence-electron chi connectivity index (χ0n) is 21.9. The van der Waals surface area contributed by atoms with Gasteiger partial charge < -0.3 is 19.1 Å².